The third kappa shape index (κ3) is 0.970. The van der Waals surface area contributed by atoms with Gasteiger partial charge >= 0.3 is 0 Å². The molecule has 110 valence electrons. The molecule has 0 aromatic carbocycles. The summed E-state index contributed by atoms with van der Waals surface area (Å²) in [6.45, 7) is 4.52. The molecule has 4 heteroatoms. The summed E-state index contributed by atoms with van der Waals surface area (Å²) in [4.78, 5) is 0. The van der Waals surface area contributed by atoms with Gasteiger partial charge < -0.3 is 0 Å². The lowest BCUT2D eigenvalue weighted by Gasteiger charge is -2.93. The minimum atomic E-state index is -0.270. The minimum Gasteiger partial charge on any atom is -0.211 e. The zero-order chi connectivity index (χ0) is 14.6. The van der Waals surface area contributed by atoms with Crippen molar-refractivity contribution in [3.8, 4) is 0 Å². The number of allylic oxidation sites excluding steroid dienone is 4. The summed E-state index contributed by atoms with van der Waals surface area (Å²) in [7, 11) is 8.93. The Morgan fingerprint density at radius 3 is 2.25 bits per heavy atom. The van der Waals surface area contributed by atoms with Gasteiger partial charge in [-0.2, -0.15) is 0 Å². The van der Waals surface area contributed by atoms with Gasteiger partial charge in [-0.05, 0) is 48.2 Å². The summed E-state index contributed by atoms with van der Waals surface area (Å²) in [5.41, 5.74) is -0.167. The number of halogens is 1. The molecular formula is C16H24FP3. The molecule has 0 aromatic heterocycles. The second-order valence-electron chi connectivity index (χ2n) is 7.57. The van der Waals surface area contributed by atoms with E-state index < -0.39 is 0 Å². The number of hydrogen-bond acceptors (Lipinski definition) is 0. The largest absolute Gasteiger partial charge is 0.211 e. The molecule has 4 aliphatic carbocycles. The predicted molar refractivity (Wildman–Crippen MR) is 93.5 cm³/mol. The monoisotopic (exact) mass is 328 g/mol. The van der Waals surface area contributed by atoms with E-state index in [0.29, 0.717) is 5.92 Å². The zero-order valence-corrected chi connectivity index (χ0v) is 15.7. The quantitative estimate of drug-likeness (QED) is 0.447. The van der Waals surface area contributed by atoms with Crippen LogP contribution in [0.25, 0.3) is 0 Å². The van der Waals surface area contributed by atoms with Crippen molar-refractivity contribution in [3.63, 3.8) is 0 Å². The van der Waals surface area contributed by atoms with E-state index in [0.717, 1.165) is 17.7 Å². The highest BCUT2D eigenvalue weighted by Gasteiger charge is 2.95. The third-order valence-electron chi connectivity index (χ3n) is 7.71. The van der Waals surface area contributed by atoms with Crippen LogP contribution in [0.5, 0.6) is 0 Å². The first-order valence-electron chi connectivity index (χ1n) is 7.68. The van der Waals surface area contributed by atoms with Crippen molar-refractivity contribution in [1.29, 1.82) is 0 Å². The molecule has 2 saturated carbocycles. The summed E-state index contributed by atoms with van der Waals surface area (Å²) in [6, 6.07) is 0. The van der Waals surface area contributed by atoms with Gasteiger partial charge in [-0.3, -0.25) is 0 Å². The minimum absolute atomic E-state index is 0.0573. The topological polar surface area (TPSA) is 0 Å². The number of rotatable bonds is 0. The van der Waals surface area contributed by atoms with Crippen LogP contribution < -0.4 is 0 Å². The smallest absolute Gasteiger partial charge is 0.112 e. The number of fused-ring (bicyclic) bond motifs is 7. The van der Waals surface area contributed by atoms with Gasteiger partial charge in [0.1, 0.15) is 5.83 Å². The van der Waals surface area contributed by atoms with Crippen molar-refractivity contribution in [2.45, 2.75) is 49.8 Å². The summed E-state index contributed by atoms with van der Waals surface area (Å²) in [5, 5.41) is 1.02. The van der Waals surface area contributed by atoms with Gasteiger partial charge in [-0.15, -0.1) is 27.7 Å². The van der Waals surface area contributed by atoms with E-state index in [1.165, 1.54) is 19.3 Å². The molecule has 4 rings (SSSR count). The standard InChI is InChI=1S/C16H24FP3/c1-13-9-7-5-3-4-6-8-10(9)15(13,19)16(20)12(18)11(17)14(13,16)2/h3-4,9-10H,5-8,18-20H2,1-2H3/b4-3-/t9-,10?,13-,14?,15+,16?/m0/s1. The molecule has 0 saturated heterocycles. The maximum Gasteiger partial charge on any atom is 0.112 e. The van der Waals surface area contributed by atoms with Crippen LogP contribution in [-0.4, -0.2) is 10.3 Å². The van der Waals surface area contributed by atoms with Gasteiger partial charge in [0.2, 0.25) is 0 Å². The van der Waals surface area contributed by atoms with Crippen molar-refractivity contribution < 1.29 is 4.39 Å². The summed E-state index contributed by atoms with van der Waals surface area (Å²) < 4.78 is 14.7. The van der Waals surface area contributed by atoms with Crippen molar-refractivity contribution in [1.82, 2.24) is 0 Å². The van der Waals surface area contributed by atoms with Crippen LogP contribution in [0, 0.1) is 22.7 Å². The fourth-order valence-corrected chi connectivity index (χ4v) is 9.94. The highest BCUT2D eigenvalue weighted by atomic mass is 31.0. The molecule has 0 aliphatic heterocycles. The lowest BCUT2D eigenvalue weighted by molar-refractivity contribution is -0.287. The molecule has 0 amide bonds. The average Bonchev–Trinajstić information content (AvgIpc) is 2.42. The Labute approximate surface area is 128 Å². The molecule has 0 spiro atoms. The molecule has 20 heavy (non-hydrogen) atoms. The predicted octanol–water partition coefficient (Wildman–Crippen LogP) is 4.69. The van der Waals surface area contributed by atoms with E-state index in [9.17, 15) is 4.39 Å². The molecule has 2 fully saturated rings. The van der Waals surface area contributed by atoms with Crippen LogP contribution in [0.4, 0.5) is 4.39 Å². The average molecular weight is 328 g/mol. The van der Waals surface area contributed by atoms with Gasteiger partial charge in [-0.25, -0.2) is 4.39 Å². The Morgan fingerprint density at radius 2 is 1.65 bits per heavy atom. The Kier molecular flexibility index (Phi) is 2.70. The second kappa shape index (κ2) is 3.78. The molecule has 0 radical (unpaired) electrons. The first-order chi connectivity index (χ1) is 9.29. The fourth-order valence-electron chi connectivity index (χ4n) is 6.54. The normalized spacial score (nSPS) is 61.7. The Morgan fingerprint density at radius 1 is 1.10 bits per heavy atom. The van der Waals surface area contributed by atoms with E-state index in [2.05, 4.69) is 53.7 Å². The van der Waals surface area contributed by atoms with Crippen LogP contribution in [0.3, 0.4) is 0 Å². The Balaban J connectivity index is 1.84. The van der Waals surface area contributed by atoms with Crippen molar-refractivity contribution >= 4 is 27.7 Å². The van der Waals surface area contributed by atoms with Crippen LogP contribution in [-0.2, 0) is 0 Å². The molecular weight excluding hydrogens is 304 g/mol. The van der Waals surface area contributed by atoms with Crippen molar-refractivity contribution in [2.24, 2.45) is 22.7 Å². The van der Waals surface area contributed by atoms with E-state index in [-0.39, 0.29) is 27.0 Å². The molecule has 0 nitrogen and oxygen atoms in total. The van der Waals surface area contributed by atoms with Crippen molar-refractivity contribution in [3.05, 3.63) is 23.3 Å². The SMILES string of the molecule is CC12C(F)=C(P)C1(P)[C@@]1(P)C3CC/C=C\CC[C@@H]3[C@@]21C. The van der Waals surface area contributed by atoms with Gasteiger partial charge in [0, 0.05) is 15.7 Å². The van der Waals surface area contributed by atoms with Crippen molar-refractivity contribution in [2.75, 3.05) is 0 Å². The molecule has 6 unspecified atom stereocenters. The van der Waals surface area contributed by atoms with E-state index in [1.807, 2.05) is 0 Å². The number of hydrogen-bond donors (Lipinski definition) is 0. The molecule has 0 bridgehead atoms. The van der Waals surface area contributed by atoms with Crippen LogP contribution in [0.2, 0.25) is 0 Å². The van der Waals surface area contributed by atoms with Crippen LogP contribution in [0.15, 0.2) is 23.3 Å². The Bertz CT molecular complexity index is 522. The van der Waals surface area contributed by atoms with Gasteiger partial charge in [0.05, 0.1) is 0 Å². The van der Waals surface area contributed by atoms with Crippen LogP contribution in [0.1, 0.15) is 39.5 Å². The lowest BCUT2D eigenvalue weighted by atomic mass is 9.19. The maximum absolute atomic E-state index is 14.7. The third-order valence-corrected chi connectivity index (χ3v) is 11.9. The summed E-state index contributed by atoms with van der Waals surface area (Å²) in [6.07, 6.45) is 9.49. The van der Waals surface area contributed by atoms with Crippen LogP contribution >= 0.6 is 27.7 Å². The Hall–Kier alpha value is 0.700. The molecule has 0 aromatic rings. The first kappa shape index (κ1) is 14.3. The highest BCUT2D eigenvalue weighted by Crippen LogP contribution is 2.96. The van der Waals surface area contributed by atoms with E-state index in [4.69, 9.17) is 0 Å². The summed E-state index contributed by atoms with van der Waals surface area (Å²) >= 11 is 0. The molecule has 9 atom stereocenters. The lowest BCUT2D eigenvalue weighted by Crippen LogP contribution is -2.95. The van der Waals surface area contributed by atoms with Gasteiger partial charge in [0.25, 0.3) is 0 Å². The molecule has 0 heterocycles. The maximum atomic E-state index is 14.7. The molecule has 0 N–H and O–H groups in total. The zero-order valence-electron chi connectivity index (χ0n) is 12.2. The first-order valence-corrected chi connectivity index (χ1v) is 9.41. The van der Waals surface area contributed by atoms with E-state index in [1.54, 1.807) is 0 Å². The molecule has 4 aliphatic rings. The van der Waals surface area contributed by atoms with Gasteiger partial charge in [0.15, 0.2) is 0 Å². The summed E-state index contributed by atoms with van der Waals surface area (Å²) in [5.74, 6) is 1.54. The second-order valence-corrected chi connectivity index (χ2v) is 9.93. The highest BCUT2D eigenvalue weighted by molar-refractivity contribution is 7.31. The van der Waals surface area contributed by atoms with Gasteiger partial charge in [-0.1, -0.05) is 26.0 Å². The van der Waals surface area contributed by atoms with E-state index >= 15 is 0 Å². The fraction of sp³-hybridized carbons (Fsp3) is 0.750.